The molecule has 0 aromatic heterocycles. The van der Waals surface area contributed by atoms with Crippen LogP contribution in [0.3, 0.4) is 0 Å². The van der Waals surface area contributed by atoms with Gasteiger partial charge in [0.05, 0.1) is 17.2 Å². The SMILES string of the molecule is CC1c2cc(F)cc(C(=O)O)c2C(=O)N1C1CCN(C2CCC(F)(F)CC2)CC1. The average molecular weight is 410 g/mol. The molecule has 1 unspecified atom stereocenters. The summed E-state index contributed by atoms with van der Waals surface area (Å²) < 4.78 is 40.7. The fourth-order valence-electron chi connectivity index (χ4n) is 5.22. The van der Waals surface area contributed by atoms with Crippen molar-refractivity contribution >= 4 is 11.9 Å². The zero-order valence-corrected chi connectivity index (χ0v) is 16.3. The highest BCUT2D eigenvalue weighted by molar-refractivity contribution is 6.08. The van der Waals surface area contributed by atoms with Gasteiger partial charge in [-0.25, -0.2) is 18.0 Å². The minimum atomic E-state index is -2.55. The third-order valence-electron chi connectivity index (χ3n) is 6.78. The Kier molecular flexibility index (Phi) is 5.09. The number of amides is 1. The van der Waals surface area contributed by atoms with Crippen LogP contribution in [0.1, 0.15) is 77.8 Å². The predicted molar refractivity (Wildman–Crippen MR) is 99.7 cm³/mol. The highest BCUT2D eigenvalue weighted by atomic mass is 19.3. The normalized spacial score (nSPS) is 26.0. The van der Waals surface area contributed by atoms with Crippen molar-refractivity contribution in [2.75, 3.05) is 13.1 Å². The van der Waals surface area contributed by atoms with Gasteiger partial charge in [-0.2, -0.15) is 0 Å². The number of carboxylic acid groups (broad SMARTS) is 1. The van der Waals surface area contributed by atoms with Gasteiger partial charge in [-0.3, -0.25) is 4.79 Å². The lowest BCUT2D eigenvalue weighted by atomic mass is 9.89. The number of alkyl halides is 2. The van der Waals surface area contributed by atoms with Crippen molar-refractivity contribution in [1.29, 1.82) is 0 Å². The summed E-state index contributed by atoms with van der Waals surface area (Å²) in [6.45, 7) is 3.23. The van der Waals surface area contributed by atoms with E-state index in [1.54, 1.807) is 11.8 Å². The number of nitrogens with zero attached hydrogens (tertiary/aromatic N) is 2. The van der Waals surface area contributed by atoms with Crippen LogP contribution < -0.4 is 0 Å². The van der Waals surface area contributed by atoms with Crippen LogP contribution in [0.25, 0.3) is 0 Å². The quantitative estimate of drug-likeness (QED) is 0.816. The Balaban J connectivity index is 1.46. The number of carboxylic acids is 1. The number of aromatic carboxylic acids is 1. The molecule has 1 saturated carbocycles. The van der Waals surface area contributed by atoms with Gasteiger partial charge < -0.3 is 14.9 Å². The lowest BCUT2D eigenvalue weighted by molar-refractivity contribution is -0.0577. The number of carbonyl (C=O) groups is 2. The number of carbonyl (C=O) groups excluding carboxylic acids is 1. The number of fused-ring (bicyclic) bond motifs is 1. The van der Waals surface area contributed by atoms with Crippen molar-refractivity contribution in [3.05, 3.63) is 34.6 Å². The number of likely N-dealkylation sites (tertiary alicyclic amines) is 1. The molecule has 8 heteroatoms. The van der Waals surface area contributed by atoms with E-state index in [4.69, 9.17) is 0 Å². The Morgan fingerprint density at radius 3 is 2.31 bits per heavy atom. The summed E-state index contributed by atoms with van der Waals surface area (Å²) in [6, 6.07) is 1.84. The molecular formula is C21H25F3N2O3. The van der Waals surface area contributed by atoms with Gasteiger partial charge in [0.15, 0.2) is 0 Å². The van der Waals surface area contributed by atoms with Gasteiger partial charge in [-0.15, -0.1) is 0 Å². The number of hydrogen-bond donors (Lipinski definition) is 1. The van der Waals surface area contributed by atoms with E-state index < -0.39 is 23.8 Å². The average Bonchev–Trinajstić information content (AvgIpc) is 2.92. The van der Waals surface area contributed by atoms with Crippen molar-refractivity contribution in [3.8, 4) is 0 Å². The summed E-state index contributed by atoms with van der Waals surface area (Å²) in [5.41, 5.74) is 0.215. The molecule has 0 spiro atoms. The van der Waals surface area contributed by atoms with Crippen molar-refractivity contribution in [3.63, 3.8) is 0 Å². The summed E-state index contributed by atoms with van der Waals surface area (Å²) in [5.74, 6) is -4.88. The molecule has 1 aromatic rings. The Labute approximate surface area is 167 Å². The second kappa shape index (κ2) is 7.31. The van der Waals surface area contributed by atoms with Crippen LogP contribution in [0, 0.1) is 5.82 Å². The molecule has 158 valence electrons. The van der Waals surface area contributed by atoms with Gasteiger partial charge >= 0.3 is 5.97 Å². The van der Waals surface area contributed by atoms with Gasteiger partial charge in [0.25, 0.3) is 5.91 Å². The third-order valence-corrected chi connectivity index (χ3v) is 6.78. The number of benzene rings is 1. The third kappa shape index (κ3) is 3.63. The topological polar surface area (TPSA) is 60.9 Å². The molecule has 1 atom stereocenters. The Morgan fingerprint density at radius 2 is 1.72 bits per heavy atom. The standard InChI is InChI=1S/C21H25F3N2O3/c1-12-16-10-13(22)11-17(20(28)29)18(16)19(27)26(12)15-4-8-25(9-5-15)14-2-6-21(23,24)7-3-14/h10-12,14-15H,2-9H2,1H3,(H,28,29). The monoisotopic (exact) mass is 410 g/mol. The predicted octanol–water partition coefficient (Wildman–Crippen LogP) is 4.08. The van der Waals surface area contributed by atoms with Gasteiger partial charge in [0, 0.05) is 38.0 Å². The van der Waals surface area contributed by atoms with Crippen molar-refractivity contribution in [2.24, 2.45) is 0 Å². The lowest BCUT2D eigenvalue weighted by Gasteiger charge is -2.43. The number of hydrogen-bond acceptors (Lipinski definition) is 3. The fourth-order valence-corrected chi connectivity index (χ4v) is 5.22. The molecule has 1 N–H and O–H groups in total. The van der Waals surface area contributed by atoms with Crippen LogP contribution in [0.15, 0.2) is 12.1 Å². The van der Waals surface area contributed by atoms with Gasteiger partial charge in [-0.1, -0.05) is 0 Å². The van der Waals surface area contributed by atoms with Crippen molar-refractivity contribution in [2.45, 2.75) is 69.5 Å². The molecule has 2 heterocycles. The van der Waals surface area contributed by atoms with Gasteiger partial charge in [0.1, 0.15) is 5.82 Å². The molecule has 0 bridgehead atoms. The van der Waals surface area contributed by atoms with E-state index in [0.717, 1.165) is 6.07 Å². The van der Waals surface area contributed by atoms with Crippen LogP contribution in [0.4, 0.5) is 13.2 Å². The summed E-state index contributed by atoms with van der Waals surface area (Å²) >= 11 is 0. The van der Waals surface area contributed by atoms with E-state index in [1.165, 1.54) is 6.07 Å². The second-order valence-corrected chi connectivity index (χ2v) is 8.47. The molecular weight excluding hydrogens is 385 g/mol. The first-order chi connectivity index (χ1) is 13.7. The highest BCUT2D eigenvalue weighted by Crippen LogP contribution is 2.40. The molecule has 1 aromatic carbocycles. The molecule has 4 rings (SSSR count). The van der Waals surface area contributed by atoms with Gasteiger partial charge in [-0.05, 0) is 50.3 Å². The van der Waals surface area contributed by atoms with Gasteiger partial charge in [0.2, 0.25) is 5.92 Å². The van der Waals surface area contributed by atoms with E-state index >= 15 is 0 Å². The minimum Gasteiger partial charge on any atom is -0.478 e. The van der Waals surface area contributed by atoms with Crippen LogP contribution in [-0.2, 0) is 0 Å². The smallest absolute Gasteiger partial charge is 0.336 e. The zero-order valence-electron chi connectivity index (χ0n) is 16.3. The first-order valence-electron chi connectivity index (χ1n) is 10.2. The summed E-state index contributed by atoms with van der Waals surface area (Å²) in [7, 11) is 0. The van der Waals surface area contributed by atoms with Crippen molar-refractivity contribution < 1.29 is 27.9 Å². The minimum absolute atomic E-state index is 0.0714. The zero-order chi connectivity index (χ0) is 20.9. The van der Waals surface area contributed by atoms with E-state index in [2.05, 4.69) is 4.90 Å². The van der Waals surface area contributed by atoms with E-state index in [1.807, 2.05) is 0 Å². The van der Waals surface area contributed by atoms with Crippen LogP contribution >= 0.6 is 0 Å². The maximum atomic E-state index is 13.9. The Bertz CT molecular complexity index is 827. The van der Waals surface area contributed by atoms with Crippen LogP contribution in [0.2, 0.25) is 0 Å². The summed E-state index contributed by atoms with van der Waals surface area (Å²) in [6.07, 6.45) is 2.23. The van der Waals surface area contributed by atoms with E-state index in [-0.39, 0.29) is 42.0 Å². The van der Waals surface area contributed by atoms with E-state index in [0.29, 0.717) is 44.3 Å². The molecule has 2 fully saturated rings. The Morgan fingerprint density at radius 1 is 1.10 bits per heavy atom. The van der Waals surface area contributed by atoms with Crippen LogP contribution in [0.5, 0.6) is 0 Å². The molecule has 1 saturated heterocycles. The molecule has 0 radical (unpaired) electrons. The molecule has 3 aliphatic rings. The second-order valence-electron chi connectivity index (χ2n) is 8.47. The lowest BCUT2D eigenvalue weighted by Crippen LogP contribution is -2.50. The van der Waals surface area contributed by atoms with Crippen molar-refractivity contribution in [1.82, 2.24) is 9.80 Å². The molecule has 5 nitrogen and oxygen atoms in total. The summed E-state index contributed by atoms with van der Waals surface area (Å²) in [4.78, 5) is 28.5. The first-order valence-corrected chi connectivity index (χ1v) is 10.2. The summed E-state index contributed by atoms with van der Waals surface area (Å²) in [5, 5.41) is 9.39. The first kappa shape index (κ1) is 20.2. The number of rotatable bonds is 3. The number of halogens is 3. The number of piperidine rings is 1. The largest absolute Gasteiger partial charge is 0.478 e. The Hall–Kier alpha value is -2.09. The molecule has 2 aliphatic heterocycles. The fraction of sp³-hybridized carbons (Fsp3) is 0.619. The van der Waals surface area contributed by atoms with Crippen LogP contribution in [-0.4, -0.2) is 57.9 Å². The molecule has 29 heavy (non-hydrogen) atoms. The molecule has 1 amide bonds. The highest BCUT2D eigenvalue weighted by Gasteiger charge is 2.43. The van der Waals surface area contributed by atoms with E-state index in [9.17, 15) is 27.9 Å². The maximum Gasteiger partial charge on any atom is 0.336 e. The molecule has 1 aliphatic carbocycles. The maximum absolute atomic E-state index is 13.9.